The van der Waals surface area contributed by atoms with Crippen LogP contribution in [0.3, 0.4) is 0 Å². The molecular weight excluding hydrogens is 342 g/mol. The van der Waals surface area contributed by atoms with Crippen LogP contribution in [0.4, 0.5) is 5.95 Å². The molecule has 2 N–H and O–H groups in total. The van der Waals surface area contributed by atoms with Crippen LogP contribution in [0.25, 0.3) is 0 Å². The molecule has 2 aromatic rings. The molecule has 136 valence electrons. The first kappa shape index (κ1) is 19.2. The van der Waals surface area contributed by atoms with Crippen molar-refractivity contribution in [1.29, 1.82) is 0 Å². The van der Waals surface area contributed by atoms with E-state index in [2.05, 4.69) is 20.7 Å². The summed E-state index contributed by atoms with van der Waals surface area (Å²) in [5, 5.41) is 10.6. The molecule has 1 aliphatic rings. The zero-order valence-corrected chi connectivity index (χ0v) is 15.5. The molecule has 0 saturated carbocycles. The smallest absolute Gasteiger partial charge is 0.258 e. The molecule has 1 aromatic carbocycles. The standard InChI is InChI=1S/C17H23N5O2.ClH/c1-11-4-5-13(10-14(11)24-3)16(23)20-17-19-15(21-22(17)2)12-6-8-18-9-7-12;/h4-5,10,12,18H,6-9H2,1-3H3,(H,19,20,21,23);1H. The van der Waals surface area contributed by atoms with E-state index in [9.17, 15) is 4.79 Å². The first-order chi connectivity index (χ1) is 11.6. The highest BCUT2D eigenvalue weighted by Gasteiger charge is 2.21. The normalized spacial score (nSPS) is 14.7. The molecular formula is C17H24ClN5O2. The predicted octanol–water partition coefficient (Wildman–Crippen LogP) is 2.27. The summed E-state index contributed by atoms with van der Waals surface area (Å²) in [6.45, 7) is 3.90. The molecule has 1 fully saturated rings. The number of rotatable bonds is 4. The van der Waals surface area contributed by atoms with Gasteiger partial charge in [-0.1, -0.05) is 6.07 Å². The van der Waals surface area contributed by atoms with Crippen molar-refractivity contribution in [1.82, 2.24) is 20.1 Å². The van der Waals surface area contributed by atoms with Gasteiger partial charge in [0.1, 0.15) is 5.75 Å². The zero-order valence-electron chi connectivity index (χ0n) is 14.7. The average molecular weight is 366 g/mol. The highest BCUT2D eigenvalue weighted by atomic mass is 35.5. The largest absolute Gasteiger partial charge is 0.496 e. The maximum atomic E-state index is 12.5. The summed E-state index contributed by atoms with van der Waals surface area (Å²) in [5.74, 6) is 2.09. The van der Waals surface area contributed by atoms with Gasteiger partial charge >= 0.3 is 0 Å². The number of aryl methyl sites for hydroxylation is 2. The Morgan fingerprint density at radius 2 is 2.08 bits per heavy atom. The first-order valence-corrected chi connectivity index (χ1v) is 8.16. The summed E-state index contributed by atoms with van der Waals surface area (Å²) in [4.78, 5) is 17.0. The molecule has 3 rings (SSSR count). The summed E-state index contributed by atoms with van der Waals surface area (Å²) in [7, 11) is 3.39. The maximum absolute atomic E-state index is 12.5. The Bertz CT molecular complexity index is 741. The van der Waals surface area contributed by atoms with Crippen LogP contribution in [0.5, 0.6) is 5.75 Å². The van der Waals surface area contributed by atoms with Crippen LogP contribution in [-0.2, 0) is 7.05 Å². The van der Waals surface area contributed by atoms with Crippen molar-refractivity contribution in [3.05, 3.63) is 35.2 Å². The van der Waals surface area contributed by atoms with Crippen molar-refractivity contribution in [2.75, 3.05) is 25.5 Å². The van der Waals surface area contributed by atoms with Gasteiger partial charge in [-0.05, 0) is 50.6 Å². The molecule has 1 saturated heterocycles. The van der Waals surface area contributed by atoms with Crippen LogP contribution in [0.1, 0.15) is 40.5 Å². The van der Waals surface area contributed by atoms with Gasteiger partial charge in [-0.25, -0.2) is 4.68 Å². The van der Waals surface area contributed by atoms with Crippen molar-refractivity contribution in [2.45, 2.75) is 25.7 Å². The third-order valence-corrected chi connectivity index (χ3v) is 4.38. The van der Waals surface area contributed by atoms with Crippen LogP contribution in [0.2, 0.25) is 0 Å². The SMILES string of the molecule is COc1cc(C(=O)Nc2nc(C3CCNCC3)nn2C)ccc1C.Cl. The minimum Gasteiger partial charge on any atom is -0.496 e. The maximum Gasteiger partial charge on any atom is 0.258 e. The van der Waals surface area contributed by atoms with Gasteiger partial charge in [-0.2, -0.15) is 10.1 Å². The fraction of sp³-hybridized carbons (Fsp3) is 0.471. The molecule has 1 amide bonds. The van der Waals surface area contributed by atoms with Crippen molar-refractivity contribution in [3.63, 3.8) is 0 Å². The Balaban J connectivity index is 0.00000225. The highest BCUT2D eigenvalue weighted by Crippen LogP contribution is 2.24. The minimum absolute atomic E-state index is 0. The first-order valence-electron chi connectivity index (χ1n) is 8.16. The number of hydrogen-bond acceptors (Lipinski definition) is 5. The number of halogens is 1. The second-order valence-electron chi connectivity index (χ2n) is 6.08. The Labute approximate surface area is 153 Å². The van der Waals surface area contributed by atoms with E-state index in [0.29, 0.717) is 23.2 Å². The molecule has 25 heavy (non-hydrogen) atoms. The number of piperidine rings is 1. The van der Waals surface area contributed by atoms with Crippen molar-refractivity contribution < 1.29 is 9.53 Å². The highest BCUT2D eigenvalue weighted by molar-refractivity contribution is 6.03. The van der Waals surface area contributed by atoms with Crippen molar-refractivity contribution in [2.24, 2.45) is 7.05 Å². The molecule has 7 nitrogen and oxygen atoms in total. The quantitative estimate of drug-likeness (QED) is 0.868. The lowest BCUT2D eigenvalue weighted by atomic mass is 9.98. The number of carbonyl (C=O) groups excluding carboxylic acids is 1. The lowest BCUT2D eigenvalue weighted by molar-refractivity contribution is 0.102. The van der Waals surface area contributed by atoms with Crippen molar-refractivity contribution in [3.8, 4) is 5.75 Å². The lowest BCUT2D eigenvalue weighted by Crippen LogP contribution is -2.27. The van der Waals surface area contributed by atoms with Gasteiger partial charge in [0.05, 0.1) is 7.11 Å². The van der Waals surface area contributed by atoms with E-state index in [-0.39, 0.29) is 18.3 Å². The molecule has 0 radical (unpaired) electrons. The third kappa shape index (κ3) is 4.29. The van der Waals surface area contributed by atoms with E-state index in [1.54, 1.807) is 31.0 Å². The lowest BCUT2D eigenvalue weighted by Gasteiger charge is -2.19. The van der Waals surface area contributed by atoms with Crippen LogP contribution in [0.15, 0.2) is 18.2 Å². The number of amides is 1. The van der Waals surface area contributed by atoms with E-state index >= 15 is 0 Å². The second kappa shape index (κ2) is 8.31. The molecule has 0 aliphatic carbocycles. The summed E-state index contributed by atoms with van der Waals surface area (Å²) in [6, 6.07) is 5.37. The molecule has 2 heterocycles. The number of nitrogens with zero attached hydrogens (tertiary/aromatic N) is 3. The van der Waals surface area contributed by atoms with Gasteiger partial charge in [-0.3, -0.25) is 10.1 Å². The van der Waals surface area contributed by atoms with E-state index in [0.717, 1.165) is 37.3 Å². The van der Waals surface area contributed by atoms with Gasteiger partial charge in [0, 0.05) is 18.5 Å². The van der Waals surface area contributed by atoms with Gasteiger partial charge in [-0.15, -0.1) is 12.4 Å². The summed E-state index contributed by atoms with van der Waals surface area (Å²) >= 11 is 0. The number of methoxy groups -OCH3 is 1. The number of nitrogens with one attached hydrogen (secondary N) is 2. The van der Waals surface area contributed by atoms with Crippen LogP contribution in [-0.4, -0.2) is 40.9 Å². The number of anilines is 1. The Morgan fingerprint density at radius 3 is 2.76 bits per heavy atom. The Kier molecular flexibility index (Phi) is 6.39. The van der Waals surface area contributed by atoms with Crippen molar-refractivity contribution >= 4 is 24.3 Å². The van der Waals surface area contributed by atoms with Crippen LogP contribution in [0, 0.1) is 6.92 Å². The number of benzene rings is 1. The predicted molar refractivity (Wildman–Crippen MR) is 98.8 cm³/mol. The molecule has 0 bridgehead atoms. The molecule has 1 aromatic heterocycles. The Hall–Kier alpha value is -2.12. The fourth-order valence-corrected chi connectivity index (χ4v) is 2.90. The topological polar surface area (TPSA) is 81.1 Å². The molecule has 1 aliphatic heterocycles. The Morgan fingerprint density at radius 1 is 1.36 bits per heavy atom. The van der Waals surface area contributed by atoms with Gasteiger partial charge in [0.25, 0.3) is 5.91 Å². The van der Waals surface area contributed by atoms with E-state index in [1.165, 1.54) is 0 Å². The fourth-order valence-electron chi connectivity index (χ4n) is 2.90. The van der Waals surface area contributed by atoms with Gasteiger partial charge in [0.2, 0.25) is 5.95 Å². The van der Waals surface area contributed by atoms with Crippen LogP contribution < -0.4 is 15.4 Å². The number of carbonyl (C=O) groups is 1. The number of aromatic nitrogens is 3. The van der Waals surface area contributed by atoms with E-state index in [4.69, 9.17) is 4.74 Å². The number of hydrogen-bond donors (Lipinski definition) is 2. The molecule has 8 heteroatoms. The average Bonchev–Trinajstić information content (AvgIpc) is 2.97. The molecule has 0 atom stereocenters. The van der Waals surface area contributed by atoms with Crippen LogP contribution >= 0.6 is 12.4 Å². The molecule has 0 spiro atoms. The summed E-state index contributed by atoms with van der Waals surface area (Å²) < 4.78 is 6.90. The van der Waals surface area contributed by atoms with E-state index in [1.807, 2.05) is 13.0 Å². The minimum atomic E-state index is -0.222. The summed E-state index contributed by atoms with van der Waals surface area (Å²) in [6.07, 6.45) is 2.04. The van der Waals surface area contributed by atoms with E-state index < -0.39 is 0 Å². The third-order valence-electron chi connectivity index (χ3n) is 4.38. The van der Waals surface area contributed by atoms with Gasteiger partial charge < -0.3 is 10.1 Å². The monoisotopic (exact) mass is 365 g/mol. The van der Waals surface area contributed by atoms with Gasteiger partial charge in [0.15, 0.2) is 5.82 Å². The second-order valence-corrected chi connectivity index (χ2v) is 6.08. The molecule has 0 unspecified atom stereocenters. The number of ether oxygens (including phenoxy) is 1. The zero-order chi connectivity index (χ0) is 17.1. The summed E-state index contributed by atoms with van der Waals surface area (Å²) in [5.41, 5.74) is 1.52.